The maximum atomic E-state index is 12.3. The quantitative estimate of drug-likeness (QED) is 0.262. The van der Waals surface area contributed by atoms with Crippen molar-refractivity contribution >= 4 is 45.6 Å². The lowest BCUT2D eigenvalue weighted by Crippen LogP contribution is -2.25. The number of nitrogens with one attached hydrogen (secondary N) is 1. The molecular formula is C16H10Cl2N4O5. The first-order valence-electron chi connectivity index (χ1n) is 7.35. The molecule has 3 rings (SSSR count). The SMILES string of the molecule is O=c1[nH]c2cc([N+](=O)[O-])ccc2nc1/C(=N/O)C(O)c1ccc(Cl)c(Cl)c1. The van der Waals surface area contributed by atoms with Crippen LogP contribution >= 0.6 is 23.2 Å². The average Bonchev–Trinajstić information content (AvgIpc) is 2.64. The van der Waals surface area contributed by atoms with Gasteiger partial charge in [0.05, 0.1) is 26.0 Å². The smallest absolute Gasteiger partial charge is 0.276 e. The van der Waals surface area contributed by atoms with Gasteiger partial charge in [0.1, 0.15) is 11.8 Å². The normalized spacial score (nSPS) is 12.9. The second-order valence-electron chi connectivity index (χ2n) is 5.43. The minimum absolute atomic E-state index is 0.124. The molecule has 0 saturated carbocycles. The van der Waals surface area contributed by atoms with Crippen LogP contribution in [0, 0.1) is 10.1 Å². The highest BCUT2D eigenvalue weighted by Crippen LogP contribution is 2.27. The second kappa shape index (κ2) is 7.31. The van der Waals surface area contributed by atoms with Crippen molar-refractivity contribution in [3.63, 3.8) is 0 Å². The molecule has 1 heterocycles. The molecule has 0 spiro atoms. The van der Waals surface area contributed by atoms with Crippen LogP contribution < -0.4 is 5.56 Å². The van der Waals surface area contributed by atoms with Gasteiger partial charge in [0.2, 0.25) is 0 Å². The van der Waals surface area contributed by atoms with Gasteiger partial charge in [0, 0.05) is 12.1 Å². The molecule has 3 aromatic rings. The van der Waals surface area contributed by atoms with E-state index in [0.717, 1.165) is 6.07 Å². The minimum atomic E-state index is -1.52. The molecule has 0 radical (unpaired) electrons. The molecule has 1 unspecified atom stereocenters. The van der Waals surface area contributed by atoms with Gasteiger partial charge in [-0.25, -0.2) is 4.98 Å². The topological polar surface area (TPSA) is 142 Å². The summed E-state index contributed by atoms with van der Waals surface area (Å²) in [5.41, 5.74) is -1.24. The third-order valence-electron chi connectivity index (χ3n) is 3.76. The van der Waals surface area contributed by atoms with Crippen LogP contribution in [0.5, 0.6) is 0 Å². The Morgan fingerprint density at radius 2 is 1.96 bits per heavy atom. The Balaban J connectivity index is 2.09. The molecular weight excluding hydrogens is 399 g/mol. The van der Waals surface area contributed by atoms with Crippen LogP contribution in [0.3, 0.4) is 0 Å². The lowest BCUT2D eigenvalue weighted by Gasteiger charge is -2.13. The molecule has 3 N–H and O–H groups in total. The monoisotopic (exact) mass is 408 g/mol. The van der Waals surface area contributed by atoms with Gasteiger partial charge in [0.25, 0.3) is 11.2 Å². The highest BCUT2D eigenvalue weighted by atomic mass is 35.5. The number of aliphatic hydroxyl groups is 1. The van der Waals surface area contributed by atoms with Crippen LogP contribution in [0.15, 0.2) is 46.3 Å². The van der Waals surface area contributed by atoms with Crippen molar-refractivity contribution in [2.75, 3.05) is 0 Å². The number of nitro groups is 1. The number of rotatable bonds is 4. The van der Waals surface area contributed by atoms with Crippen molar-refractivity contribution < 1.29 is 15.2 Å². The van der Waals surface area contributed by atoms with Gasteiger partial charge in [-0.1, -0.05) is 34.4 Å². The molecule has 138 valence electrons. The van der Waals surface area contributed by atoms with Crippen LogP contribution in [-0.4, -0.2) is 30.9 Å². The fraction of sp³-hybridized carbons (Fsp3) is 0.0625. The van der Waals surface area contributed by atoms with Gasteiger partial charge in [-0.05, 0) is 23.8 Å². The number of aromatic amines is 1. The summed E-state index contributed by atoms with van der Waals surface area (Å²) >= 11 is 11.8. The maximum absolute atomic E-state index is 12.3. The summed E-state index contributed by atoms with van der Waals surface area (Å²) in [6.45, 7) is 0. The van der Waals surface area contributed by atoms with E-state index in [1.807, 2.05) is 0 Å². The molecule has 9 nitrogen and oxygen atoms in total. The van der Waals surface area contributed by atoms with Gasteiger partial charge >= 0.3 is 0 Å². The Kier molecular flexibility index (Phi) is 5.08. The first-order chi connectivity index (χ1) is 12.8. The van der Waals surface area contributed by atoms with Gasteiger partial charge < -0.3 is 15.3 Å². The maximum Gasteiger partial charge on any atom is 0.276 e. The van der Waals surface area contributed by atoms with E-state index in [0.29, 0.717) is 0 Å². The summed E-state index contributed by atoms with van der Waals surface area (Å²) in [4.78, 5) is 29.0. The standard InChI is InChI=1S/C16H10Cl2N4O5/c17-9-3-1-7(5-10(9)18)15(23)13(21-25)14-16(24)20-12-6-8(22(26)27)2-4-11(12)19-14/h1-6,15,23,25H,(H,20,24)/b21-13-. The number of hydrogen-bond donors (Lipinski definition) is 3. The predicted octanol–water partition coefficient (Wildman–Crippen LogP) is 3.05. The van der Waals surface area contributed by atoms with E-state index in [-0.39, 0.29) is 38.0 Å². The molecule has 0 aliphatic heterocycles. The second-order valence-corrected chi connectivity index (χ2v) is 6.25. The Bertz CT molecular complexity index is 1150. The molecule has 1 aromatic heterocycles. The number of aromatic nitrogens is 2. The van der Waals surface area contributed by atoms with E-state index in [2.05, 4.69) is 15.1 Å². The summed E-state index contributed by atoms with van der Waals surface area (Å²) in [6, 6.07) is 7.93. The molecule has 0 aliphatic carbocycles. The lowest BCUT2D eigenvalue weighted by molar-refractivity contribution is -0.384. The minimum Gasteiger partial charge on any atom is -0.410 e. The van der Waals surface area contributed by atoms with E-state index >= 15 is 0 Å². The van der Waals surface area contributed by atoms with Crippen molar-refractivity contribution in [2.45, 2.75) is 6.10 Å². The summed E-state index contributed by atoms with van der Waals surface area (Å²) < 4.78 is 0. The molecule has 0 aliphatic rings. The van der Waals surface area contributed by atoms with Crippen LogP contribution in [0.25, 0.3) is 11.0 Å². The molecule has 11 heteroatoms. The van der Waals surface area contributed by atoms with Gasteiger partial charge in [-0.3, -0.25) is 14.9 Å². The fourth-order valence-corrected chi connectivity index (χ4v) is 2.74. The fourth-order valence-electron chi connectivity index (χ4n) is 2.43. The number of aliphatic hydroxyl groups excluding tert-OH is 1. The average molecular weight is 409 g/mol. The van der Waals surface area contributed by atoms with Crippen molar-refractivity contribution in [3.05, 3.63) is 78.2 Å². The Morgan fingerprint density at radius 3 is 2.59 bits per heavy atom. The molecule has 1 atom stereocenters. The van der Waals surface area contributed by atoms with Crippen LogP contribution in [-0.2, 0) is 0 Å². The third kappa shape index (κ3) is 3.61. The molecule has 0 bridgehead atoms. The number of H-pyrrole nitrogens is 1. The highest BCUT2D eigenvalue weighted by molar-refractivity contribution is 6.42. The predicted molar refractivity (Wildman–Crippen MR) is 98.8 cm³/mol. The van der Waals surface area contributed by atoms with Gasteiger partial charge in [0.15, 0.2) is 5.69 Å². The largest absolute Gasteiger partial charge is 0.410 e. The molecule has 0 amide bonds. The van der Waals surface area contributed by atoms with E-state index in [9.17, 15) is 25.2 Å². The van der Waals surface area contributed by atoms with Gasteiger partial charge in [-0.2, -0.15) is 0 Å². The van der Waals surface area contributed by atoms with E-state index < -0.39 is 22.3 Å². The van der Waals surface area contributed by atoms with Crippen LogP contribution in [0.4, 0.5) is 5.69 Å². The first kappa shape index (κ1) is 18.8. The number of oxime groups is 1. The summed E-state index contributed by atoms with van der Waals surface area (Å²) in [6.07, 6.45) is -1.52. The number of benzene rings is 2. The third-order valence-corrected chi connectivity index (χ3v) is 4.49. The zero-order valence-corrected chi connectivity index (χ0v) is 14.8. The molecule has 2 aromatic carbocycles. The zero-order chi connectivity index (χ0) is 19.7. The number of fused-ring (bicyclic) bond motifs is 1. The van der Waals surface area contributed by atoms with Crippen molar-refractivity contribution in [2.24, 2.45) is 5.16 Å². The Hall–Kier alpha value is -3.01. The number of non-ortho nitro benzene ring substituents is 1. The highest BCUT2D eigenvalue weighted by Gasteiger charge is 2.24. The Morgan fingerprint density at radius 1 is 1.22 bits per heavy atom. The van der Waals surface area contributed by atoms with Crippen molar-refractivity contribution in [1.29, 1.82) is 0 Å². The molecule has 0 fully saturated rings. The number of halogens is 2. The molecule has 27 heavy (non-hydrogen) atoms. The Labute approximate surface area is 160 Å². The van der Waals surface area contributed by atoms with E-state index in [4.69, 9.17) is 23.2 Å². The van der Waals surface area contributed by atoms with Crippen molar-refractivity contribution in [1.82, 2.24) is 9.97 Å². The molecule has 0 saturated heterocycles. The van der Waals surface area contributed by atoms with Crippen LogP contribution in [0.2, 0.25) is 10.0 Å². The van der Waals surface area contributed by atoms with E-state index in [1.165, 1.54) is 30.3 Å². The van der Waals surface area contributed by atoms with Crippen molar-refractivity contribution in [3.8, 4) is 0 Å². The summed E-state index contributed by atoms with van der Waals surface area (Å²) in [5, 5.41) is 34.1. The number of hydrogen-bond acceptors (Lipinski definition) is 7. The van der Waals surface area contributed by atoms with Gasteiger partial charge in [-0.15, -0.1) is 0 Å². The summed E-state index contributed by atoms with van der Waals surface area (Å²) in [7, 11) is 0. The van der Waals surface area contributed by atoms with Crippen LogP contribution in [0.1, 0.15) is 17.4 Å². The lowest BCUT2D eigenvalue weighted by atomic mass is 10.0. The zero-order valence-electron chi connectivity index (χ0n) is 13.3. The number of nitrogens with zero attached hydrogens (tertiary/aromatic N) is 3. The number of nitro benzene ring substituents is 1. The summed E-state index contributed by atoms with van der Waals surface area (Å²) in [5.74, 6) is 0. The first-order valence-corrected chi connectivity index (χ1v) is 8.11. The van der Waals surface area contributed by atoms with E-state index in [1.54, 1.807) is 0 Å².